The quantitative estimate of drug-likeness (QED) is 0.641. The van der Waals surface area contributed by atoms with Gasteiger partial charge in [-0.15, -0.1) is 0 Å². The lowest BCUT2D eigenvalue weighted by atomic mass is 10.0. The van der Waals surface area contributed by atoms with Crippen LogP contribution in [0.4, 0.5) is 0 Å². The molecule has 0 bridgehead atoms. The number of carbonyl (C=O) groups is 2. The van der Waals surface area contributed by atoms with Gasteiger partial charge >= 0.3 is 5.97 Å². The highest BCUT2D eigenvalue weighted by molar-refractivity contribution is 5.95. The van der Waals surface area contributed by atoms with Crippen LogP contribution >= 0.6 is 0 Å². The molecule has 0 aliphatic rings. The minimum Gasteiger partial charge on any atom is -0.487 e. The predicted octanol–water partition coefficient (Wildman–Crippen LogP) is 2.85. The maximum absolute atomic E-state index is 12.6. The largest absolute Gasteiger partial charge is 0.487 e. The fraction of sp³-hybridized carbons (Fsp3) is 0.250. The van der Waals surface area contributed by atoms with Gasteiger partial charge in [0.15, 0.2) is 11.4 Å². The average molecular weight is 354 g/mol. The summed E-state index contributed by atoms with van der Waals surface area (Å²) in [6.07, 6.45) is 3.93. The Morgan fingerprint density at radius 2 is 2.00 bits per heavy atom. The molecule has 0 aliphatic heterocycles. The van der Waals surface area contributed by atoms with Crippen molar-refractivity contribution >= 4 is 11.9 Å². The number of aromatic nitrogens is 1. The third kappa shape index (κ3) is 6.05. The average Bonchev–Trinajstić information content (AvgIpc) is 2.65. The molecule has 136 valence electrons. The molecule has 0 aliphatic carbocycles. The van der Waals surface area contributed by atoms with E-state index in [4.69, 9.17) is 9.84 Å². The van der Waals surface area contributed by atoms with Crippen LogP contribution in [0.5, 0.6) is 5.75 Å². The van der Waals surface area contributed by atoms with Gasteiger partial charge in [-0.25, -0.2) is 4.98 Å². The molecule has 2 rings (SSSR count). The number of carboxylic acids is 1. The number of hydrogen-bond donors (Lipinski definition) is 2. The van der Waals surface area contributed by atoms with Crippen molar-refractivity contribution in [2.24, 2.45) is 0 Å². The lowest BCUT2D eigenvalue weighted by Gasteiger charge is -2.19. The molecule has 0 fully saturated rings. The Bertz CT molecular complexity index is 746. The molecule has 1 unspecified atom stereocenters. The number of amides is 1. The van der Waals surface area contributed by atoms with Gasteiger partial charge in [0.2, 0.25) is 0 Å². The number of rotatable bonds is 10. The number of carbonyl (C=O) groups excluding carboxylic acids is 1. The topological polar surface area (TPSA) is 88.5 Å². The second-order valence-corrected chi connectivity index (χ2v) is 5.74. The highest BCUT2D eigenvalue weighted by Gasteiger charge is 2.19. The lowest BCUT2D eigenvalue weighted by Crippen LogP contribution is -2.37. The van der Waals surface area contributed by atoms with Crippen LogP contribution < -0.4 is 10.1 Å². The van der Waals surface area contributed by atoms with Crippen molar-refractivity contribution in [3.8, 4) is 5.75 Å². The van der Waals surface area contributed by atoms with Gasteiger partial charge in [-0.2, -0.15) is 0 Å². The Kier molecular flexibility index (Phi) is 7.36. The van der Waals surface area contributed by atoms with E-state index in [0.29, 0.717) is 18.6 Å². The number of carboxylic acid groups (broad SMARTS) is 1. The monoisotopic (exact) mass is 354 g/mol. The van der Waals surface area contributed by atoms with Crippen molar-refractivity contribution in [2.75, 3.05) is 6.61 Å². The molecule has 6 heteroatoms. The second kappa shape index (κ2) is 9.98. The molecular formula is C20H22N2O4. The summed E-state index contributed by atoms with van der Waals surface area (Å²) in [6, 6.07) is 12.6. The molecule has 26 heavy (non-hydrogen) atoms. The van der Waals surface area contributed by atoms with Crippen LogP contribution in [0.25, 0.3) is 0 Å². The van der Waals surface area contributed by atoms with Gasteiger partial charge in [0, 0.05) is 18.7 Å². The number of nitrogens with zero attached hydrogens (tertiary/aromatic N) is 1. The number of aliphatic carboxylic acids is 1. The standard InChI is InChI=1S/C20H22N2O4/c1-2-13-26-17-9-6-12-21-19(17)20(25)22-16(10-11-18(23)24)14-15-7-4-3-5-8-15/h2-9,12,16H,1,10-11,13-14H2,(H,22,25)(H,23,24). The Morgan fingerprint density at radius 3 is 2.69 bits per heavy atom. The van der Waals surface area contributed by atoms with E-state index in [1.165, 1.54) is 6.20 Å². The molecule has 2 N–H and O–H groups in total. The summed E-state index contributed by atoms with van der Waals surface area (Å²) in [5, 5.41) is 11.8. The van der Waals surface area contributed by atoms with Crippen LogP contribution in [0.3, 0.4) is 0 Å². The first kappa shape index (κ1) is 19.2. The molecule has 0 spiro atoms. The van der Waals surface area contributed by atoms with Gasteiger partial charge in [0.1, 0.15) is 6.61 Å². The zero-order chi connectivity index (χ0) is 18.8. The van der Waals surface area contributed by atoms with Crippen LogP contribution in [0.2, 0.25) is 0 Å². The molecule has 1 amide bonds. The van der Waals surface area contributed by atoms with Crippen molar-refractivity contribution in [1.82, 2.24) is 10.3 Å². The van der Waals surface area contributed by atoms with E-state index < -0.39 is 11.9 Å². The van der Waals surface area contributed by atoms with Crippen molar-refractivity contribution < 1.29 is 19.4 Å². The van der Waals surface area contributed by atoms with E-state index in [0.717, 1.165) is 5.56 Å². The van der Waals surface area contributed by atoms with E-state index in [2.05, 4.69) is 16.9 Å². The maximum atomic E-state index is 12.6. The van der Waals surface area contributed by atoms with Crippen LogP contribution in [0.1, 0.15) is 28.9 Å². The van der Waals surface area contributed by atoms with Crippen molar-refractivity contribution in [1.29, 1.82) is 0 Å². The number of ether oxygens (including phenoxy) is 1. The van der Waals surface area contributed by atoms with E-state index in [-0.39, 0.29) is 24.8 Å². The summed E-state index contributed by atoms with van der Waals surface area (Å²) < 4.78 is 5.47. The first-order chi connectivity index (χ1) is 12.6. The molecular weight excluding hydrogens is 332 g/mol. The highest BCUT2D eigenvalue weighted by Crippen LogP contribution is 2.16. The molecule has 1 heterocycles. The fourth-order valence-corrected chi connectivity index (χ4v) is 2.50. The van der Waals surface area contributed by atoms with Gasteiger partial charge < -0.3 is 15.2 Å². The smallest absolute Gasteiger partial charge is 0.303 e. The Labute approximate surface area is 152 Å². The zero-order valence-corrected chi connectivity index (χ0v) is 14.4. The third-order valence-corrected chi connectivity index (χ3v) is 3.71. The molecule has 1 aromatic heterocycles. The van der Waals surface area contributed by atoms with Gasteiger partial charge in [-0.3, -0.25) is 9.59 Å². The second-order valence-electron chi connectivity index (χ2n) is 5.74. The number of hydrogen-bond acceptors (Lipinski definition) is 4. The minimum absolute atomic E-state index is 0.0280. The Morgan fingerprint density at radius 1 is 1.23 bits per heavy atom. The minimum atomic E-state index is -0.898. The van der Waals surface area contributed by atoms with Gasteiger partial charge in [0.25, 0.3) is 5.91 Å². The normalized spacial score (nSPS) is 11.4. The fourth-order valence-electron chi connectivity index (χ4n) is 2.50. The summed E-state index contributed by atoms with van der Waals surface area (Å²) in [6.45, 7) is 3.85. The summed E-state index contributed by atoms with van der Waals surface area (Å²) in [5.41, 5.74) is 1.19. The van der Waals surface area contributed by atoms with E-state index in [1.807, 2.05) is 30.3 Å². The van der Waals surface area contributed by atoms with Crippen LogP contribution in [0, 0.1) is 0 Å². The number of nitrogens with one attached hydrogen (secondary N) is 1. The van der Waals surface area contributed by atoms with Crippen LogP contribution in [-0.4, -0.2) is 34.6 Å². The molecule has 1 atom stereocenters. The Balaban J connectivity index is 2.12. The van der Waals surface area contributed by atoms with Gasteiger partial charge in [-0.05, 0) is 30.5 Å². The number of pyridine rings is 1. The van der Waals surface area contributed by atoms with E-state index >= 15 is 0 Å². The van der Waals surface area contributed by atoms with Crippen LogP contribution in [-0.2, 0) is 11.2 Å². The van der Waals surface area contributed by atoms with Gasteiger partial charge in [-0.1, -0.05) is 43.0 Å². The van der Waals surface area contributed by atoms with E-state index in [1.54, 1.807) is 18.2 Å². The third-order valence-electron chi connectivity index (χ3n) is 3.71. The summed E-state index contributed by atoms with van der Waals surface area (Å²) in [5.74, 6) is -0.928. The first-order valence-electron chi connectivity index (χ1n) is 8.35. The van der Waals surface area contributed by atoms with Crippen molar-refractivity contribution in [3.05, 3.63) is 72.6 Å². The predicted molar refractivity (Wildman–Crippen MR) is 98.2 cm³/mol. The summed E-state index contributed by atoms with van der Waals surface area (Å²) in [4.78, 5) is 27.7. The molecule has 0 radical (unpaired) electrons. The van der Waals surface area contributed by atoms with Crippen molar-refractivity contribution in [3.63, 3.8) is 0 Å². The maximum Gasteiger partial charge on any atom is 0.303 e. The Hall–Kier alpha value is -3.15. The number of benzene rings is 1. The molecule has 1 aromatic carbocycles. The SMILES string of the molecule is C=CCOc1cccnc1C(=O)NC(CCC(=O)O)Cc1ccccc1. The van der Waals surface area contributed by atoms with Crippen molar-refractivity contribution in [2.45, 2.75) is 25.3 Å². The molecule has 2 aromatic rings. The first-order valence-corrected chi connectivity index (χ1v) is 8.35. The van der Waals surface area contributed by atoms with E-state index in [9.17, 15) is 9.59 Å². The summed E-state index contributed by atoms with van der Waals surface area (Å²) >= 11 is 0. The highest BCUT2D eigenvalue weighted by atomic mass is 16.5. The van der Waals surface area contributed by atoms with Crippen LogP contribution in [0.15, 0.2) is 61.3 Å². The summed E-state index contributed by atoms with van der Waals surface area (Å²) in [7, 11) is 0. The molecule has 6 nitrogen and oxygen atoms in total. The van der Waals surface area contributed by atoms with Gasteiger partial charge in [0.05, 0.1) is 0 Å². The zero-order valence-electron chi connectivity index (χ0n) is 14.4. The molecule has 0 saturated heterocycles. The molecule has 0 saturated carbocycles. The lowest BCUT2D eigenvalue weighted by molar-refractivity contribution is -0.137.